The molecule has 0 bridgehead atoms. The third-order valence-electron chi connectivity index (χ3n) is 4.86. The molecule has 1 aromatic heterocycles. The number of carbonyl (C=O) groups excluding carboxylic acids is 1. The number of hydrogen-bond acceptors (Lipinski definition) is 5. The van der Waals surface area contributed by atoms with Crippen molar-refractivity contribution in [1.82, 2.24) is 4.57 Å². The highest BCUT2D eigenvalue weighted by atomic mass is 32.2. The van der Waals surface area contributed by atoms with Crippen molar-refractivity contribution < 1.29 is 13.2 Å². The molecule has 0 N–H and O–H groups in total. The van der Waals surface area contributed by atoms with E-state index < -0.39 is 15.7 Å². The SMILES string of the molecule is CCc1ccc2c(c1)sc(=NC(=O)CCS(=O)(=O)c1ccc(C)cc1)n2CCSC. The molecule has 5 nitrogen and oxygen atoms in total. The molecule has 0 saturated heterocycles. The molecule has 0 radical (unpaired) electrons. The number of thioether (sulfide) groups is 1. The summed E-state index contributed by atoms with van der Waals surface area (Å²) in [5.74, 6) is 0.254. The molecule has 3 rings (SSSR count). The molecule has 0 atom stereocenters. The predicted molar refractivity (Wildman–Crippen MR) is 126 cm³/mol. The minimum Gasteiger partial charge on any atom is -0.316 e. The molecule has 1 amide bonds. The van der Waals surface area contributed by atoms with Crippen LogP contribution in [0.15, 0.2) is 52.4 Å². The lowest BCUT2D eigenvalue weighted by molar-refractivity contribution is -0.117. The van der Waals surface area contributed by atoms with E-state index in [1.54, 1.807) is 36.0 Å². The Bertz CT molecular complexity index is 1210. The maximum Gasteiger partial charge on any atom is 0.249 e. The molecular weight excluding hydrogens is 436 g/mol. The van der Waals surface area contributed by atoms with Crippen molar-refractivity contribution in [1.29, 1.82) is 0 Å². The summed E-state index contributed by atoms with van der Waals surface area (Å²) in [6.07, 6.45) is 2.86. The Hall–Kier alpha value is -1.90. The summed E-state index contributed by atoms with van der Waals surface area (Å²) in [4.78, 5) is 17.7. The molecule has 0 fully saturated rings. The molecule has 30 heavy (non-hydrogen) atoms. The highest BCUT2D eigenvalue weighted by Gasteiger charge is 2.16. The van der Waals surface area contributed by atoms with Gasteiger partial charge in [0.2, 0.25) is 5.91 Å². The van der Waals surface area contributed by atoms with E-state index in [4.69, 9.17) is 0 Å². The van der Waals surface area contributed by atoms with E-state index >= 15 is 0 Å². The summed E-state index contributed by atoms with van der Waals surface area (Å²) in [6.45, 7) is 4.76. The van der Waals surface area contributed by atoms with Crippen LogP contribution >= 0.6 is 23.1 Å². The monoisotopic (exact) mass is 462 g/mol. The number of benzene rings is 2. The van der Waals surface area contributed by atoms with Gasteiger partial charge < -0.3 is 4.57 Å². The number of nitrogens with zero attached hydrogens (tertiary/aromatic N) is 2. The summed E-state index contributed by atoms with van der Waals surface area (Å²) in [7, 11) is -3.51. The van der Waals surface area contributed by atoms with Gasteiger partial charge in [0.05, 0.1) is 20.9 Å². The van der Waals surface area contributed by atoms with Gasteiger partial charge in [-0.1, -0.05) is 42.0 Å². The summed E-state index contributed by atoms with van der Waals surface area (Å²) in [5, 5.41) is 0. The Morgan fingerprint density at radius 2 is 1.90 bits per heavy atom. The van der Waals surface area contributed by atoms with Crippen LogP contribution in [-0.4, -0.2) is 36.7 Å². The van der Waals surface area contributed by atoms with Crippen molar-refractivity contribution in [2.45, 2.75) is 38.1 Å². The Balaban J connectivity index is 1.85. The number of sulfone groups is 1. The average molecular weight is 463 g/mol. The summed E-state index contributed by atoms with van der Waals surface area (Å²) < 4.78 is 28.2. The maximum atomic E-state index is 12.5. The van der Waals surface area contributed by atoms with Crippen molar-refractivity contribution in [3.8, 4) is 0 Å². The van der Waals surface area contributed by atoms with E-state index in [9.17, 15) is 13.2 Å². The topological polar surface area (TPSA) is 68.5 Å². The van der Waals surface area contributed by atoms with Gasteiger partial charge in [0.1, 0.15) is 0 Å². The number of aryl methyl sites for hydroxylation is 3. The van der Waals surface area contributed by atoms with Crippen LogP contribution in [0.2, 0.25) is 0 Å². The van der Waals surface area contributed by atoms with Crippen molar-refractivity contribution in [3.63, 3.8) is 0 Å². The first-order chi connectivity index (χ1) is 14.3. The number of aromatic nitrogens is 1. The van der Waals surface area contributed by atoms with Crippen LogP contribution in [-0.2, 0) is 27.6 Å². The molecule has 1 heterocycles. The zero-order chi connectivity index (χ0) is 21.7. The van der Waals surface area contributed by atoms with Crippen LogP contribution in [0.1, 0.15) is 24.5 Å². The molecule has 3 aromatic rings. The third-order valence-corrected chi connectivity index (χ3v) is 8.22. The van der Waals surface area contributed by atoms with Gasteiger partial charge in [-0.2, -0.15) is 16.8 Å². The molecule has 0 saturated carbocycles. The van der Waals surface area contributed by atoms with Gasteiger partial charge in [-0.05, 0) is 49.4 Å². The third kappa shape index (κ3) is 5.42. The van der Waals surface area contributed by atoms with E-state index in [0.717, 1.165) is 34.5 Å². The first-order valence-corrected chi connectivity index (χ1v) is 13.7. The fourth-order valence-corrected chi connectivity index (χ4v) is 5.80. The van der Waals surface area contributed by atoms with E-state index in [2.05, 4.69) is 34.7 Å². The highest BCUT2D eigenvalue weighted by Crippen LogP contribution is 2.20. The molecule has 0 aliphatic carbocycles. The first kappa shape index (κ1) is 22.8. The van der Waals surface area contributed by atoms with Crippen LogP contribution in [0.5, 0.6) is 0 Å². The van der Waals surface area contributed by atoms with Crippen molar-refractivity contribution in [2.75, 3.05) is 17.8 Å². The van der Waals surface area contributed by atoms with Crippen molar-refractivity contribution >= 4 is 49.1 Å². The Kier molecular flexibility index (Phi) is 7.55. The Morgan fingerprint density at radius 1 is 1.17 bits per heavy atom. The fraction of sp³-hybridized carbons (Fsp3) is 0.364. The molecule has 2 aromatic carbocycles. The predicted octanol–water partition coefficient (Wildman–Crippen LogP) is 4.23. The second-order valence-electron chi connectivity index (χ2n) is 7.07. The van der Waals surface area contributed by atoms with E-state index in [1.165, 1.54) is 16.9 Å². The van der Waals surface area contributed by atoms with Gasteiger partial charge in [0, 0.05) is 18.7 Å². The van der Waals surface area contributed by atoms with Gasteiger partial charge in [-0.25, -0.2) is 8.42 Å². The molecule has 0 aliphatic rings. The molecule has 8 heteroatoms. The van der Waals surface area contributed by atoms with Crippen LogP contribution < -0.4 is 4.80 Å². The van der Waals surface area contributed by atoms with E-state index in [1.807, 2.05) is 13.2 Å². The standard InChI is InChI=1S/C22H26N2O3S3/c1-4-17-7-10-19-20(15-17)29-22(24(19)12-13-28-3)23-21(25)11-14-30(26,27)18-8-5-16(2)6-9-18/h5-10,15H,4,11-14H2,1-3H3. The lowest BCUT2D eigenvalue weighted by atomic mass is 10.2. The smallest absolute Gasteiger partial charge is 0.249 e. The van der Waals surface area contributed by atoms with Gasteiger partial charge in [-0.3, -0.25) is 4.79 Å². The zero-order valence-corrected chi connectivity index (χ0v) is 19.9. The molecule has 0 spiro atoms. The first-order valence-electron chi connectivity index (χ1n) is 9.82. The molecular formula is C22H26N2O3S3. The molecule has 0 unspecified atom stereocenters. The number of fused-ring (bicyclic) bond motifs is 1. The largest absolute Gasteiger partial charge is 0.316 e. The van der Waals surface area contributed by atoms with Crippen LogP contribution in [0, 0.1) is 6.92 Å². The second-order valence-corrected chi connectivity index (χ2v) is 11.2. The second kappa shape index (κ2) is 9.94. The van der Waals surface area contributed by atoms with Gasteiger partial charge in [0.15, 0.2) is 14.6 Å². The highest BCUT2D eigenvalue weighted by molar-refractivity contribution is 7.98. The number of amides is 1. The lowest BCUT2D eigenvalue weighted by Gasteiger charge is -2.05. The van der Waals surface area contributed by atoms with Gasteiger partial charge in [0.25, 0.3) is 0 Å². The summed E-state index contributed by atoms with van der Waals surface area (Å²) in [5.41, 5.74) is 3.29. The minimum absolute atomic E-state index is 0.132. The number of hydrogen-bond donors (Lipinski definition) is 0. The van der Waals surface area contributed by atoms with Crippen molar-refractivity contribution in [3.05, 3.63) is 58.4 Å². The lowest BCUT2D eigenvalue weighted by Crippen LogP contribution is -2.19. The van der Waals surface area contributed by atoms with Crippen LogP contribution in [0.4, 0.5) is 0 Å². The Labute approximate surface area is 185 Å². The summed E-state index contributed by atoms with van der Waals surface area (Å²) in [6, 6.07) is 13.0. The minimum atomic E-state index is -3.51. The normalized spacial score (nSPS) is 12.6. The maximum absolute atomic E-state index is 12.5. The van der Waals surface area contributed by atoms with E-state index in [-0.39, 0.29) is 17.1 Å². The summed E-state index contributed by atoms with van der Waals surface area (Å²) >= 11 is 3.21. The van der Waals surface area contributed by atoms with Crippen molar-refractivity contribution in [2.24, 2.45) is 4.99 Å². The molecule has 160 valence electrons. The van der Waals surface area contributed by atoms with Gasteiger partial charge in [-0.15, -0.1) is 0 Å². The van der Waals surface area contributed by atoms with Crippen LogP contribution in [0.3, 0.4) is 0 Å². The fourth-order valence-electron chi connectivity index (χ4n) is 3.07. The Morgan fingerprint density at radius 3 is 2.57 bits per heavy atom. The molecule has 0 aliphatic heterocycles. The number of thiazole rings is 1. The van der Waals surface area contributed by atoms with Crippen LogP contribution in [0.25, 0.3) is 10.2 Å². The average Bonchev–Trinajstić information content (AvgIpc) is 3.07. The van der Waals surface area contributed by atoms with E-state index in [0.29, 0.717) is 4.80 Å². The number of carbonyl (C=O) groups is 1. The van der Waals surface area contributed by atoms with Gasteiger partial charge >= 0.3 is 0 Å². The number of rotatable bonds is 8. The zero-order valence-electron chi connectivity index (χ0n) is 17.4. The quantitative estimate of drug-likeness (QED) is 0.502.